The molecule has 0 aliphatic carbocycles. The van der Waals surface area contributed by atoms with Gasteiger partial charge in [0, 0.05) is 39.0 Å². The molecule has 0 fully saturated rings. The summed E-state index contributed by atoms with van der Waals surface area (Å²) in [6, 6.07) is 39.2. The van der Waals surface area contributed by atoms with Crippen LogP contribution in [0.5, 0.6) is 0 Å². The summed E-state index contributed by atoms with van der Waals surface area (Å²) in [5.74, 6) is 0. The van der Waals surface area contributed by atoms with Crippen molar-refractivity contribution >= 4 is 39.0 Å². The van der Waals surface area contributed by atoms with Gasteiger partial charge in [0.25, 0.3) is 0 Å². The highest BCUT2D eigenvalue weighted by molar-refractivity contribution is 6.09. The Morgan fingerprint density at radius 2 is 1.30 bits per heavy atom. The second-order valence-electron chi connectivity index (χ2n) is 8.15. The molecule has 1 heterocycles. The zero-order valence-electron chi connectivity index (χ0n) is 18.0. The number of nitrogens with two attached hydrogens (primary N) is 1. The normalized spacial score (nSPS) is 11.2. The minimum absolute atomic E-state index is 0.761. The third-order valence-corrected chi connectivity index (χ3v) is 6.01. The second kappa shape index (κ2) is 7.88. The summed E-state index contributed by atoms with van der Waals surface area (Å²) >= 11 is 0. The number of para-hydroxylation sites is 3. The Bertz CT molecular complexity index is 1600. The average molecular weight is 427 g/mol. The van der Waals surface area contributed by atoms with E-state index in [0.29, 0.717) is 0 Å². The molecule has 0 saturated heterocycles. The van der Waals surface area contributed by atoms with Crippen molar-refractivity contribution in [2.45, 2.75) is 0 Å². The molecular weight excluding hydrogens is 404 g/mol. The standard InChI is InChI=1S/C30H22N2O/c31-22-17-15-20(16-18-22)24-9-1-3-13-28(24)32-23-8-5-7-21(19-23)25-11-6-12-27-26-10-2-4-14-29(26)33-30(25)27/h1-19,32H,31H2. The number of furan rings is 1. The summed E-state index contributed by atoms with van der Waals surface area (Å²) in [6.45, 7) is 0. The van der Waals surface area contributed by atoms with Crippen LogP contribution in [0.4, 0.5) is 17.1 Å². The van der Waals surface area contributed by atoms with Crippen molar-refractivity contribution in [1.82, 2.24) is 0 Å². The maximum atomic E-state index is 6.25. The molecule has 3 N–H and O–H groups in total. The van der Waals surface area contributed by atoms with E-state index in [1.807, 2.05) is 36.4 Å². The highest BCUT2D eigenvalue weighted by Crippen LogP contribution is 2.37. The van der Waals surface area contributed by atoms with Crippen LogP contribution in [0.3, 0.4) is 0 Å². The Hall–Kier alpha value is -4.50. The monoisotopic (exact) mass is 426 g/mol. The summed E-state index contributed by atoms with van der Waals surface area (Å²) in [7, 11) is 0. The average Bonchev–Trinajstić information content (AvgIpc) is 3.24. The van der Waals surface area contributed by atoms with Crippen LogP contribution in [0, 0.1) is 0 Å². The summed E-state index contributed by atoms with van der Waals surface area (Å²) in [5, 5.41) is 5.88. The third kappa shape index (κ3) is 3.50. The Balaban J connectivity index is 1.41. The van der Waals surface area contributed by atoms with Crippen LogP contribution in [-0.2, 0) is 0 Å². The summed E-state index contributed by atoms with van der Waals surface area (Å²) < 4.78 is 6.25. The molecule has 0 unspecified atom stereocenters. The minimum Gasteiger partial charge on any atom is -0.455 e. The van der Waals surface area contributed by atoms with Gasteiger partial charge in [-0.15, -0.1) is 0 Å². The largest absolute Gasteiger partial charge is 0.455 e. The predicted octanol–water partition coefficient (Wildman–Crippen LogP) is 8.25. The highest BCUT2D eigenvalue weighted by atomic mass is 16.3. The van der Waals surface area contributed by atoms with Crippen LogP contribution in [0.2, 0.25) is 0 Å². The predicted molar refractivity (Wildman–Crippen MR) is 139 cm³/mol. The SMILES string of the molecule is Nc1ccc(-c2ccccc2Nc2cccc(-c3cccc4c3oc3ccccc34)c2)cc1. The maximum absolute atomic E-state index is 6.25. The number of hydrogen-bond acceptors (Lipinski definition) is 3. The molecule has 0 spiro atoms. The Kier molecular flexibility index (Phi) is 4.59. The first-order valence-electron chi connectivity index (χ1n) is 11.0. The topological polar surface area (TPSA) is 51.2 Å². The fraction of sp³-hybridized carbons (Fsp3) is 0. The molecule has 0 aliphatic heterocycles. The van der Waals surface area contributed by atoms with Crippen LogP contribution in [0.1, 0.15) is 0 Å². The number of nitrogen functional groups attached to an aromatic ring is 1. The molecule has 6 aromatic rings. The van der Waals surface area contributed by atoms with Crippen molar-refractivity contribution in [1.29, 1.82) is 0 Å². The van der Waals surface area contributed by atoms with Crippen molar-refractivity contribution in [2.75, 3.05) is 11.1 Å². The molecule has 1 aromatic heterocycles. The van der Waals surface area contributed by atoms with Gasteiger partial charge in [0.1, 0.15) is 11.2 Å². The zero-order chi connectivity index (χ0) is 22.2. The third-order valence-electron chi connectivity index (χ3n) is 6.01. The van der Waals surface area contributed by atoms with E-state index in [0.717, 1.165) is 61.3 Å². The highest BCUT2D eigenvalue weighted by Gasteiger charge is 2.12. The second-order valence-corrected chi connectivity index (χ2v) is 8.15. The van der Waals surface area contributed by atoms with Gasteiger partial charge in [-0.3, -0.25) is 0 Å². The fourth-order valence-electron chi connectivity index (χ4n) is 4.40. The Labute approximate surface area is 192 Å². The maximum Gasteiger partial charge on any atom is 0.143 e. The van der Waals surface area contributed by atoms with E-state index >= 15 is 0 Å². The van der Waals surface area contributed by atoms with Crippen LogP contribution < -0.4 is 11.1 Å². The quantitative estimate of drug-likeness (QED) is 0.279. The lowest BCUT2D eigenvalue weighted by atomic mass is 10.0. The van der Waals surface area contributed by atoms with Gasteiger partial charge < -0.3 is 15.5 Å². The number of nitrogens with one attached hydrogen (secondary N) is 1. The summed E-state index contributed by atoms with van der Waals surface area (Å²) in [6.07, 6.45) is 0. The first kappa shape index (κ1) is 19.2. The van der Waals surface area contributed by atoms with Gasteiger partial charge >= 0.3 is 0 Å². The van der Waals surface area contributed by atoms with E-state index in [9.17, 15) is 0 Å². The number of anilines is 3. The molecule has 5 aromatic carbocycles. The lowest BCUT2D eigenvalue weighted by molar-refractivity contribution is 0.670. The van der Waals surface area contributed by atoms with Gasteiger partial charge in [-0.25, -0.2) is 0 Å². The molecular formula is C30H22N2O. The summed E-state index contributed by atoms with van der Waals surface area (Å²) in [5.41, 5.74) is 15.0. The van der Waals surface area contributed by atoms with Crippen molar-refractivity contribution in [2.24, 2.45) is 0 Å². The van der Waals surface area contributed by atoms with Crippen molar-refractivity contribution in [3.8, 4) is 22.3 Å². The molecule has 0 radical (unpaired) electrons. The smallest absolute Gasteiger partial charge is 0.143 e. The molecule has 6 rings (SSSR count). The van der Waals surface area contributed by atoms with E-state index in [2.05, 4.69) is 84.2 Å². The van der Waals surface area contributed by atoms with E-state index in [-0.39, 0.29) is 0 Å². The number of benzene rings is 5. The lowest BCUT2D eigenvalue weighted by Crippen LogP contribution is -1.94. The van der Waals surface area contributed by atoms with Crippen LogP contribution in [0.15, 0.2) is 120 Å². The molecule has 0 amide bonds. The van der Waals surface area contributed by atoms with E-state index in [1.165, 1.54) is 0 Å². The first-order valence-corrected chi connectivity index (χ1v) is 11.0. The first-order chi connectivity index (χ1) is 16.3. The molecule has 0 aliphatic rings. The van der Waals surface area contributed by atoms with Crippen LogP contribution >= 0.6 is 0 Å². The van der Waals surface area contributed by atoms with Crippen molar-refractivity contribution < 1.29 is 4.42 Å². The molecule has 0 atom stereocenters. The van der Waals surface area contributed by atoms with Crippen LogP contribution in [0.25, 0.3) is 44.2 Å². The molecule has 3 nitrogen and oxygen atoms in total. The molecule has 0 saturated carbocycles. The number of rotatable bonds is 4. The number of fused-ring (bicyclic) bond motifs is 3. The van der Waals surface area contributed by atoms with Crippen molar-refractivity contribution in [3.63, 3.8) is 0 Å². The molecule has 33 heavy (non-hydrogen) atoms. The number of hydrogen-bond donors (Lipinski definition) is 2. The van der Waals surface area contributed by atoms with Gasteiger partial charge in [-0.05, 0) is 47.5 Å². The van der Waals surface area contributed by atoms with Crippen LogP contribution in [-0.4, -0.2) is 0 Å². The molecule has 0 bridgehead atoms. The van der Waals surface area contributed by atoms with Gasteiger partial charge in [0.15, 0.2) is 0 Å². The van der Waals surface area contributed by atoms with E-state index in [1.54, 1.807) is 0 Å². The lowest BCUT2D eigenvalue weighted by Gasteiger charge is -2.14. The van der Waals surface area contributed by atoms with Crippen molar-refractivity contribution in [3.05, 3.63) is 115 Å². The van der Waals surface area contributed by atoms with Gasteiger partial charge in [0.05, 0.1) is 0 Å². The van der Waals surface area contributed by atoms with Gasteiger partial charge in [0.2, 0.25) is 0 Å². The fourth-order valence-corrected chi connectivity index (χ4v) is 4.40. The Morgan fingerprint density at radius 3 is 2.21 bits per heavy atom. The van der Waals surface area contributed by atoms with E-state index in [4.69, 9.17) is 10.2 Å². The van der Waals surface area contributed by atoms with E-state index < -0.39 is 0 Å². The zero-order valence-corrected chi connectivity index (χ0v) is 18.0. The molecule has 3 heteroatoms. The molecule has 158 valence electrons. The minimum atomic E-state index is 0.761. The Morgan fingerprint density at radius 1 is 0.576 bits per heavy atom. The van der Waals surface area contributed by atoms with Gasteiger partial charge in [-0.2, -0.15) is 0 Å². The summed E-state index contributed by atoms with van der Waals surface area (Å²) in [4.78, 5) is 0. The van der Waals surface area contributed by atoms with Gasteiger partial charge in [-0.1, -0.05) is 78.9 Å².